The van der Waals surface area contributed by atoms with Gasteiger partial charge in [-0.1, -0.05) is 36.8 Å². The number of nitrogens with one attached hydrogen (secondary N) is 1. The SMILES string of the molecule is CC[C@H](C)Oc1c(I)cc(/C=C2/NC(=O)N(Cc3ccc(C)cc3)C2=O)cc1OC. The molecule has 1 atom stereocenters. The number of hydrogen-bond donors (Lipinski definition) is 1. The molecule has 158 valence electrons. The summed E-state index contributed by atoms with van der Waals surface area (Å²) in [6.45, 7) is 6.28. The standard InChI is InChI=1S/C23H25IN2O4/c1-5-15(3)30-21-18(24)10-17(12-20(21)29-4)11-19-22(27)26(23(28)25-19)13-16-8-6-14(2)7-9-16/h6-12,15H,5,13H2,1-4H3,(H,25,28)/b19-11+/t15-/m0/s1. The number of benzene rings is 2. The van der Waals surface area contributed by atoms with E-state index in [0.29, 0.717) is 11.5 Å². The number of carbonyl (C=O) groups excluding carboxylic acids is 2. The molecule has 1 aliphatic rings. The van der Waals surface area contributed by atoms with Gasteiger partial charge in [0.1, 0.15) is 5.70 Å². The van der Waals surface area contributed by atoms with Crippen LogP contribution in [0.5, 0.6) is 11.5 Å². The molecule has 2 aromatic rings. The number of aryl methyl sites for hydroxylation is 1. The number of ether oxygens (including phenoxy) is 2. The van der Waals surface area contributed by atoms with Gasteiger partial charge in [0.15, 0.2) is 11.5 Å². The summed E-state index contributed by atoms with van der Waals surface area (Å²) in [5.74, 6) is 0.911. The maximum Gasteiger partial charge on any atom is 0.329 e. The zero-order valence-corrected chi connectivity index (χ0v) is 19.6. The summed E-state index contributed by atoms with van der Waals surface area (Å²) >= 11 is 2.19. The molecule has 1 fully saturated rings. The number of imide groups is 1. The lowest BCUT2D eigenvalue weighted by atomic mass is 10.1. The van der Waals surface area contributed by atoms with Crippen LogP contribution in [-0.4, -0.2) is 30.1 Å². The van der Waals surface area contributed by atoms with Crippen molar-refractivity contribution < 1.29 is 19.1 Å². The summed E-state index contributed by atoms with van der Waals surface area (Å²) in [4.78, 5) is 26.4. The number of rotatable bonds is 7. The fourth-order valence-electron chi connectivity index (χ4n) is 2.98. The molecule has 0 bridgehead atoms. The summed E-state index contributed by atoms with van der Waals surface area (Å²) < 4.78 is 12.3. The maximum absolute atomic E-state index is 12.8. The third-order valence-electron chi connectivity index (χ3n) is 4.88. The molecule has 1 aliphatic heterocycles. The third kappa shape index (κ3) is 4.95. The second-order valence-electron chi connectivity index (χ2n) is 7.24. The Labute approximate surface area is 190 Å². The van der Waals surface area contributed by atoms with E-state index < -0.39 is 6.03 Å². The molecule has 6 nitrogen and oxygen atoms in total. The van der Waals surface area contributed by atoms with Crippen LogP contribution in [0.2, 0.25) is 0 Å². The van der Waals surface area contributed by atoms with Crippen LogP contribution in [-0.2, 0) is 11.3 Å². The topological polar surface area (TPSA) is 67.9 Å². The monoisotopic (exact) mass is 520 g/mol. The highest BCUT2D eigenvalue weighted by Crippen LogP contribution is 2.35. The van der Waals surface area contributed by atoms with Gasteiger partial charge in [-0.25, -0.2) is 4.79 Å². The van der Waals surface area contributed by atoms with Crippen LogP contribution >= 0.6 is 22.6 Å². The number of halogens is 1. The maximum atomic E-state index is 12.8. The molecule has 0 unspecified atom stereocenters. The van der Waals surface area contributed by atoms with Crippen molar-refractivity contribution in [3.63, 3.8) is 0 Å². The molecule has 0 aliphatic carbocycles. The van der Waals surface area contributed by atoms with Gasteiger partial charge in [-0.2, -0.15) is 0 Å². The van der Waals surface area contributed by atoms with Gasteiger partial charge in [0.05, 0.1) is 23.3 Å². The molecule has 3 amide bonds. The van der Waals surface area contributed by atoms with Gasteiger partial charge < -0.3 is 14.8 Å². The molecule has 0 spiro atoms. The molecule has 2 aromatic carbocycles. The summed E-state index contributed by atoms with van der Waals surface area (Å²) in [5, 5.41) is 2.67. The van der Waals surface area contributed by atoms with Gasteiger partial charge in [-0.05, 0) is 72.2 Å². The van der Waals surface area contributed by atoms with Crippen LogP contribution in [0.3, 0.4) is 0 Å². The van der Waals surface area contributed by atoms with Crippen LogP contribution in [0.1, 0.15) is 37.0 Å². The van der Waals surface area contributed by atoms with Crippen molar-refractivity contribution in [2.75, 3.05) is 7.11 Å². The zero-order chi connectivity index (χ0) is 21.8. The highest BCUT2D eigenvalue weighted by Gasteiger charge is 2.33. The molecule has 1 N–H and O–H groups in total. The van der Waals surface area contributed by atoms with E-state index in [0.717, 1.165) is 26.7 Å². The van der Waals surface area contributed by atoms with Crippen LogP contribution in [0.4, 0.5) is 4.79 Å². The Kier molecular flexibility index (Phi) is 7.02. The van der Waals surface area contributed by atoms with E-state index in [1.807, 2.05) is 44.2 Å². The van der Waals surface area contributed by atoms with E-state index in [2.05, 4.69) is 34.8 Å². The number of urea groups is 1. The molecule has 0 radical (unpaired) electrons. The predicted molar refractivity (Wildman–Crippen MR) is 124 cm³/mol. The Morgan fingerprint density at radius 1 is 1.20 bits per heavy atom. The average Bonchev–Trinajstić information content (AvgIpc) is 2.98. The van der Waals surface area contributed by atoms with Crippen molar-refractivity contribution in [3.05, 3.63) is 62.4 Å². The minimum atomic E-state index is -0.426. The zero-order valence-electron chi connectivity index (χ0n) is 17.5. The average molecular weight is 520 g/mol. The van der Waals surface area contributed by atoms with Gasteiger partial charge in [0.2, 0.25) is 0 Å². The van der Waals surface area contributed by atoms with Crippen LogP contribution < -0.4 is 14.8 Å². The van der Waals surface area contributed by atoms with Crippen LogP contribution in [0.25, 0.3) is 6.08 Å². The first-order valence-electron chi connectivity index (χ1n) is 9.76. The van der Waals surface area contributed by atoms with Crippen molar-refractivity contribution in [2.45, 2.75) is 39.8 Å². The van der Waals surface area contributed by atoms with E-state index in [4.69, 9.17) is 9.47 Å². The second-order valence-corrected chi connectivity index (χ2v) is 8.40. The summed E-state index contributed by atoms with van der Waals surface area (Å²) in [6.07, 6.45) is 2.60. The Balaban J connectivity index is 1.84. The quantitative estimate of drug-likeness (QED) is 0.321. The summed E-state index contributed by atoms with van der Waals surface area (Å²) in [5.41, 5.74) is 3.00. The predicted octanol–water partition coefficient (Wildman–Crippen LogP) is 4.88. The molecule has 0 aromatic heterocycles. The van der Waals surface area contributed by atoms with E-state index >= 15 is 0 Å². The van der Waals surface area contributed by atoms with Gasteiger partial charge in [0.25, 0.3) is 5.91 Å². The third-order valence-corrected chi connectivity index (χ3v) is 5.68. The Morgan fingerprint density at radius 2 is 1.90 bits per heavy atom. The Hall–Kier alpha value is -2.55. The van der Waals surface area contributed by atoms with Gasteiger partial charge in [-0.15, -0.1) is 0 Å². The molecule has 30 heavy (non-hydrogen) atoms. The number of amides is 3. The van der Waals surface area contributed by atoms with Crippen molar-refractivity contribution in [1.82, 2.24) is 10.2 Å². The fraction of sp³-hybridized carbons (Fsp3) is 0.304. The van der Waals surface area contributed by atoms with Crippen LogP contribution in [0, 0.1) is 10.5 Å². The molecular formula is C23H25IN2O4. The molecule has 0 saturated carbocycles. The van der Waals surface area contributed by atoms with Crippen LogP contribution in [0.15, 0.2) is 42.1 Å². The van der Waals surface area contributed by atoms with Crippen molar-refractivity contribution in [3.8, 4) is 11.5 Å². The highest BCUT2D eigenvalue weighted by atomic mass is 127. The lowest BCUT2D eigenvalue weighted by molar-refractivity contribution is -0.123. The number of methoxy groups -OCH3 is 1. The normalized spacial score (nSPS) is 16.0. The Morgan fingerprint density at radius 3 is 2.53 bits per heavy atom. The number of nitrogens with zero attached hydrogens (tertiary/aromatic N) is 1. The molecule has 7 heteroatoms. The van der Waals surface area contributed by atoms with Gasteiger partial charge >= 0.3 is 6.03 Å². The lowest BCUT2D eigenvalue weighted by Crippen LogP contribution is -2.30. The van der Waals surface area contributed by atoms with Gasteiger partial charge in [-0.3, -0.25) is 9.69 Å². The lowest BCUT2D eigenvalue weighted by Gasteiger charge is -2.17. The second kappa shape index (κ2) is 9.51. The first-order valence-corrected chi connectivity index (χ1v) is 10.8. The van der Waals surface area contributed by atoms with Crippen molar-refractivity contribution >= 4 is 40.6 Å². The largest absolute Gasteiger partial charge is 0.493 e. The van der Waals surface area contributed by atoms with E-state index in [1.54, 1.807) is 19.3 Å². The highest BCUT2D eigenvalue weighted by molar-refractivity contribution is 14.1. The first kappa shape index (κ1) is 22.1. The van der Waals surface area contributed by atoms with Crippen molar-refractivity contribution in [1.29, 1.82) is 0 Å². The minimum absolute atomic E-state index is 0.0580. The first-order chi connectivity index (χ1) is 14.3. The minimum Gasteiger partial charge on any atom is -0.493 e. The number of hydrogen-bond acceptors (Lipinski definition) is 4. The number of carbonyl (C=O) groups is 2. The fourth-order valence-corrected chi connectivity index (χ4v) is 3.73. The van der Waals surface area contributed by atoms with E-state index in [1.165, 1.54) is 4.90 Å². The van der Waals surface area contributed by atoms with Gasteiger partial charge in [0, 0.05) is 0 Å². The molecule has 1 saturated heterocycles. The smallest absolute Gasteiger partial charge is 0.329 e. The van der Waals surface area contributed by atoms with E-state index in [9.17, 15) is 9.59 Å². The van der Waals surface area contributed by atoms with Crippen molar-refractivity contribution in [2.24, 2.45) is 0 Å². The molecular weight excluding hydrogens is 495 g/mol. The Bertz CT molecular complexity index is 985. The molecule has 1 heterocycles. The van der Waals surface area contributed by atoms with E-state index in [-0.39, 0.29) is 24.3 Å². The summed E-state index contributed by atoms with van der Waals surface area (Å²) in [7, 11) is 1.58. The summed E-state index contributed by atoms with van der Waals surface area (Å²) in [6, 6.07) is 11.0. The molecule has 3 rings (SSSR count).